The van der Waals surface area contributed by atoms with Gasteiger partial charge in [0, 0.05) is 25.4 Å². The van der Waals surface area contributed by atoms with E-state index in [9.17, 15) is 23.2 Å². The molecule has 2 fully saturated rings. The van der Waals surface area contributed by atoms with Gasteiger partial charge in [0.05, 0.1) is 12.5 Å². The number of halogens is 2. The zero-order valence-electron chi connectivity index (χ0n) is 21.5. The Hall–Kier alpha value is -3.60. The highest BCUT2D eigenvalue weighted by Gasteiger charge is 2.53. The first kappa shape index (κ1) is 27.4. The van der Waals surface area contributed by atoms with Gasteiger partial charge in [0.2, 0.25) is 11.8 Å². The molecule has 2 saturated heterocycles. The minimum absolute atomic E-state index is 0.000192. The number of amides is 2. The highest BCUT2D eigenvalue weighted by Crippen LogP contribution is 2.40. The molecule has 1 aromatic carbocycles. The van der Waals surface area contributed by atoms with Crippen molar-refractivity contribution in [2.45, 2.75) is 45.1 Å². The highest BCUT2D eigenvalue weighted by molar-refractivity contribution is 6.02. The fourth-order valence-electron chi connectivity index (χ4n) is 4.76. The van der Waals surface area contributed by atoms with Crippen LogP contribution in [0.2, 0.25) is 0 Å². The van der Waals surface area contributed by atoms with Crippen LogP contribution in [0.5, 0.6) is 5.88 Å². The lowest BCUT2D eigenvalue weighted by atomic mass is 9.69. The third kappa shape index (κ3) is 5.77. The summed E-state index contributed by atoms with van der Waals surface area (Å²) in [4.78, 5) is 44.3. The smallest absolute Gasteiger partial charge is 0.388 e. The summed E-state index contributed by atoms with van der Waals surface area (Å²) >= 11 is 0. The maximum atomic E-state index is 13.8. The molecule has 0 bridgehead atoms. The van der Waals surface area contributed by atoms with E-state index >= 15 is 0 Å². The molecule has 204 valence electrons. The number of benzene rings is 1. The molecule has 0 aliphatic carbocycles. The quantitative estimate of drug-likeness (QED) is 0.494. The number of likely N-dealkylation sites (tertiary alicyclic amines) is 1. The van der Waals surface area contributed by atoms with E-state index in [2.05, 4.69) is 15.0 Å². The number of nitrogens with one attached hydrogen (secondary N) is 1. The average Bonchev–Trinajstić information content (AvgIpc) is 3.39. The number of carbonyl (C=O) groups excluding carboxylic acids is 3. The molecule has 38 heavy (non-hydrogen) atoms. The SMILES string of the molecule is Cc1ccc(NC(=O)C2(c3ccccc3C(C)C)CN(C(=O)COC(=O)C3CCOC3)C2)c(OC(F)F)n1. The van der Waals surface area contributed by atoms with Gasteiger partial charge in [0.25, 0.3) is 5.91 Å². The number of aromatic nitrogens is 1. The van der Waals surface area contributed by atoms with Crippen LogP contribution in [0.3, 0.4) is 0 Å². The van der Waals surface area contributed by atoms with Gasteiger partial charge in [-0.25, -0.2) is 4.98 Å². The van der Waals surface area contributed by atoms with Gasteiger partial charge in [-0.15, -0.1) is 0 Å². The summed E-state index contributed by atoms with van der Waals surface area (Å²) in [6, 6.07) is 10.5. The third-order valence-electron chi connectivity index (χ3n) is 6.86. The van der Waals surface area contributed by atoms with Crippen molar-refractivity contribution in [1.82, 2.24) is 9.88 Å². The topological polar surface area (TPSA) is 107 Å². The summed E-state index contributed by atoms with van der Waals surface area (Å²) in [5, 5.41) is 2.70. The van der Waals surface area contributed by atoms with Crippen molar-refractivity contribution in [3.63, 3.8) is 0 Å². The van der Waals surface area contributed by atoms with Crippen molar-refractivity contribution in [2.24, 2.45) is 5.92 Å². The lowest BCUT2D eigenvalue weighted by Gasteiger charge is -2.49. The Morgan fingerprint density at radius 2 is 1.92 bits per heavy atom. The Morgan fingerprint density at radius 3 is 2.58 bits per heavy atom. The Balaban J connectivity index is 1.56. The summed E-state index contributed by atoms with van der Waals surface area (Å²) in [7, 11) is 0. The molecular weight excluding hydrogens is 500 g/mol. The summed E-state index contributed by atoms with van der Waals surface area (Å²) in [6.07, 6.45) is 0.553. The number of esters is 1. The first-order valence-electron chi connectivity index (χ1n) is 12.5. The minimum atomic E-state index is -3.12. The number of nitrogens with zero attached hydrogens (tertiary/aromatic N) is 2. The molecule has 0 radical (unpaired) electrons. The van der Waals surface area contributed by atoms with Gasteiger partial charge in [0.1, 0.15) is 11.1 Å². The van der Waals surface area contributed by atoms with Gasteiger partial charge in [-0.05, 0) is 42.5 Å². The molecule has 0 saturated carbocycles. The molecular formula is C27H31F2N3O6. The summed E-state index contributed by atoms with van der Waals surface area (Å²) in [6.45, 7) is 2.86. The number of alkyl halides is 2. The Bertz CT molecular complexity index is 1190. The number of carbonyl (C=O) groups is 3. The summed E-state index contributed by atoms with van der Waals surface area (Å²) in [5.41, 5.74) is 0.936. The van der Waals surface area contributed by atoms with Crippen molar-refractivity contribution >= 4 is 23.5 Å². The molecule has 9 nitrogen and oxygen atoms in total. The van der Waals surface area contributed by atoms with E-state index < -0.39 is 42.3 Å². The molecule has 1 aromatic heterocycles. The molecule has 3 heterocycles. The van der Waals surface area contributed by atoms with Crippen LogP contribution in [-0.4, -0.2) is 67.2 Å². The molecule has 1 unspecified atom stereocenters. The molecule has 0 spiro atoms. The summed E-state index contributed by atoms with van der Waals surface area (Å²) in [5.74, 6) is -2.09. The number of hydrogen-bond donors (Lipinski definition) is 1. The van der Waals surface area contributed by atoms with E-state index in [1.165, 1.54) is 11.0 Å². The van der Waals surface area contributed by atoms with E-state index in [1.54, 1.807) is 13.0 Å². The van der Waals surface area contributed by atoms with Gasteiger partial charge in [0.15, 0.2) is 6.61 Å². The molecule has 1 atom stereocenters. The van der Waals surface area contributed by atoms with Gasteiger partial charge >= 0.3 is 12.6 Å². The Labute approximate surface area is 219 Å². The second-order valence-corrected chi connectivity index (χ2v) is 9.88. The van der Waals surface area contributed by atoms with E-state index in [0.29, 0.717) is 18.7 Å². The zero-order chi connectivity index (χ0) is 27.4. The largest absolute Gasteiger partial charge is 0.455 e. The number of ether oxygens (including phenoxy) is 3. The number of pyridine rings is 1. The van der Waals surface area contributed by atoms with Crippen LogP contribution in [-0.2, 0) is 29.3 Å². The van der Waals surface area contributed by atoms with Crippen molar-refractivity contribution in [2.75, 3.05) is 38.2 Å². The molecule has 4 rings (SSSR count). The van der Waals surface area contributed by atoms with Crippen LogP contribution in [0.1, 0.15) is 43.0 Å². The predicted molar refractivity (Wildman–Crippen MR) is 133 cm³/mol. The van der Waals surface area contributed by atoms with E-state index in [-0.39, 0.29) is 37.2 Å². The maximum absolute atomic E-state index is 13.8. The standard InChI is InChI=1S/C27H31F2N3O6/c1-16(2)19-6-4-5-7-20(19)27(25(35)31-21-9-8-17(3)30-23(21)38-26(28)29)14-32(15-27)22(33)13-37-24(34)18-10-11-36-12-18/h4-9,16,18,26H,10-15H2,1-3H3,(H,31,35). The van der Waals surface area contributed by atoms with Gasteiger partial charge < -0.3 is 24.4 Å². The molecule has 2 aliphatic rings. The third-order valence-corrected chi connectivity index (χ3v) is 6.86. The van der Waals surface area contributed by atoms with Crippen molar-refractivity contribution in [1.29, 1.82) is 0 Å². The zero-order valence-corrected chi connectivity index (χ0v) is 21.5. The second kappa shape index (κ2) is 11.4. The average molecular weight is 532 g/mol. The number of rotatable bonds is 9. The molecule has 11 heteroatoms. The van der Waals surface area contributed by atoms with Crippen LogP contribution in [0.25, 0.3) is 0 Å². The first-order chi connectivity index (χ1) is 18.1. The fourth-order valence-corrected chi connectivity index (χ4v) is 4.76. The Kier molecular flexibility index (Phi) is 8.25. The van der Waals surface area contributed by atoms with Crippen LogP contribution >= 0.6 is 0 Å². The van der Waals surface area contributed by atoms with Crippen LogP contribution in [0.4, 0.5) is 14.5 Å². The Morgan fingerprint density at radius 1 is 1.18 bits per heavy atom. The monoisotopic (exact) mass is 531 g/mol. The number of anilines is 1. The van der Waals surface area contributed by atoms with Crippen molar-refractivity contribution in [3.8, 4) is 5.88 Å². The normalized spacial score (nSPS) is 18.3. The molecule has 2 amide bonds. The number of hydrogen-bond acceptors (Lipinski definition) is 7. The minimum Gasteiger partial charge on any atom is -0.455 e. The predicted octanol–water partition coefficient (Wildman–Crippen LogP) is 3.41. The maximum Gasteiger partial charge on any atom is 0.388 e. The van der Waals surface area contributed by atoms with Gasteiger partial charge in [-0.3, -0.25) is 14.4 Å². The van der Waals surface area contributed by atoms with E-state index in [0.717, 1.165) is 11.1 Å². The lowest BCUT2D eigenvalue weighted by Crippen LogP contribution is -2.67. The van der Waals surface area contributed by atoms with E-state index in [1.807, 2.05) is 38.1 Å². The van der Waals surface area contributed by atoms with Crippen LogP contribution in [0, 0.1) is 12.8 Å². The lowest BCUT2D eigenvalue weighted by molar-refractivity contribution is -0.159. The fraction of sp³-hybridized carbons (Fsp3) is 0.481. The van der Waals surface area contributed by atoms with Crippen LogP contribution < -0.4 is 10.1 Å². The van der Waals surface area contributed by atoms with E-state index in [4.69, 9.17) is 9.47 Å². The van der Waals surface area contributed by atoms with Crippen LogP contribution in [0.15, 0.2) is 36.4 Å². The van der Waals surface area contributed by atoms with Crippen molar-refractivity contribution < 1.29 is 37.4 Å². The number of aryl methyl sites for hydroxylation is 1. The molecule has 2 aliphatic heterocycles. The van der Waals surface area contributed by atoms with Crippen molar-refractivity contribution in [3.05, 3.63) is 53.2 Å². The van der Waals surface area contributed by atoms with Gasteiger partial charge in [-0.1, -0.05) is 38.1 Å². The molecule has 1 N–H and O–H groups in total. The highest BCUT2D eigenvalue weighted by atomic mass is 19.3. The second-order valence-electron chi connectivity index (χ2n) is 9.88. The molecule has 2 aromatic rings. The first-order valence-corrected chi connectivity index (χ1v) is 12.5. The van der Waals surface area contributed by atoms with Gasteiger partial charge in [-0.2, -0.15) is 8.78 Å². The summed E-state index contributed by atoms with van der Waals surface area (Å²) < 4.78 is 40.9.